The van der Waals surface area contributed by atoms with Crippen LogP contribution in [0, 0.1) is 5.92 Å². The molecular formula is C11H17N. The van der Waals surface area contributed by atoms with E-state index in [0.717, 1.165) is 17.8 Å². The average molecular weight is 163 g/mol. The van der Waals surface area contributed by atoms with Gasteiger partial charge in [0.2, 0.25) is 0 Å². The smallest absolute Gasteiger partial charge is 0.0375 e. The van der Waals surface area contributed by atoms with Crippen molar-refractivity contribution in [1.29, 1.82) is 0 Å². The molecule has 1 heterocycles. The van der Waals surface area contributed by atoms with E-state index in [0.29, 0.717) is 5.92 Å². The summed E-state index contributed by atoms with van der Waals surface area (Å²) in [6, 6.07) is 0. The van der Waals surface area contributed by atoms with Gasteiger partial charge in [-0.05, 0) is 39.2 Å². The second-order valence-electron chi connectivity index (χ2n) is 3.62. The van der Waals surface area contributed by atoms with Gasteiger partial charge >= 0.3 is 0 Å². The molecule has 0 amide bonds. The van der Waals surface area contributed by atoms with Crippen LogP contribution in [-0.4, -0.2) is 5.71 Å². The molecule has 0 fully saturated rings. The molecule has 1 aliphatic rings. The van der Waals surface area contributed by atoms with Crippen LogP contribution in [-0.2, 0) is 0 Å². The summed E-state index contributed by atoms with van der Waals surface area (Å²) in [5.74, 6) is 0.658. The molecule has 1 nitrogen and oxygen atoms in total. The lowest BCUT2D eigenvalue weighted by atomic mass is 9.96. The van der Waals surface area contributed by atoms with Gasteiger partial charge in [0.15, 0.2) is 0 Å². The Kier molecular flexibility index (Phi) is 2.85. The van der Waals surface area contributed by atoms with Gasteiger partial charge in [-0.3, -0.25) is 4.99 Å². The molecule has 1 aliphatic heterocycles. The van der Waals surface area contributed by atoms with Crippen LogP contribution in [0.3, 0.4) is 0 Å². The maximum Gasteiger partial charge on any atom is 0.0375 e. The third-order valence-electron chi connectivity index (χ3n) is 2.33. The number of hydrogen-bond acceptors (Lipinski definition) is 1. The highest BCUT2D eigenvalue weighted by Crippen LogP contribution is 2.18. The van der Waals surface area contributed by atoms with E-state index in [1.54, 1.807) is 0 Å². The molecule has 1 heteroatoms. The fourth-order valence-electron chi connectivity index (χ4n) is 1.36. The first kappa shape index (κ1) is 9.24. The van der Waals surface area contributed by atoms with Crippen LogP contribution in [0.15, 0.2) is 28.4 Å². The monoisotopic (exact) mass is 163 g/mol. The van der Waals surface area contributed by atoms with E-state index in [1.165, 1.54) is 5.57 Å². The normalized spacial score (nSPS) is 38.0. The van der Waals surface area contributed by atoms with Crippen molar-refractivity contribution >= 4 is 5.71 Å². The molecule has 0 aromatic rings. The van der Waals surface area contributed by atoms with Crippen LogP contribution in [0.2, 0.25) is 0 Å². The van der Waals surface area contributed by atoms with E-state index in [1.807, 2.05) is 0 Å². The van der Waals surface area contributed by atoms with Gasteiger partial charge in [0, 0.05) is 11.4 Å². The Labute approximate surface area is 74.9 Å². The van der Waals surface area contributed by atoms with Gasteiger partial charge in [-0.1, -0.05) is 18.6 Å². The van der Waals surface area contributed by atoms with E-state index >= 15 is 0 Å². The summed E-state index contributed by atoms with van der Waals surface area (Å²) in [6.07, 6.45) is 5.51. The lowest BCUT2D eigenvalue weighted by molar-refractivity contribution is 0.691. The topological polar surface area (TPSA) is 12.4 Å². The zero-order valence-corrected chi connectivity index (χ0v) is 8.39. The molecule has 1 atom stereocenters. The summed E-state index contributed by atoms with van der Waals surface area (Å²) in [5, 5.41) is 0. The van der Waals surface area contributed by atoms with Crippen molar-refractivity contribution in [2.24, 2.45) is 10.9 Å². The first-order valence-corrected chi connectivity index (χ1v) is 4.50. The van der Waals surface area contributed by atoms with Crippen molar-refractivity contribution in [3.63, 3.8) is 0 Å². The maximum atomic E-state index is 4.42. The molecule has 12 heavy (non-hydrogen) atoms. The Bertz CT molecular complexity index is 256. The molecule has 0 radical (unpaired) electrons. The predicted molar refractivity (Wildman–Crippen MR) is 54.4 cm³/mol. The standard InChI is InChI=1S/C11H17N/c1-8-5-6-10(3)12-11(4)7-9(8)2/h6-8H,5H2,1-4H3/b9-7-,10-6+,12-11+. The number of aliphatic imine (C=N–C) groups is 1. The van der Waals surface area contributed by atoms with Crippen molar-refractivity contribution < 1.29 is 0 Å². The summed E-state index contributed by atoms with van der Waals surface area (Å²) < 4.78 is 0. The Morgan fingerprint density at radius 2 is 2.00 bits per heavy atom. The van der Waals surface area contributed by atoms with Gasteiger partial charge < -0.3 is 0 Å². The number of nitrogens with zero attached hydrogens (tertiary/aromatic N) is 1. The molecule has 0 saturated heterocycles. The predicted octanol–water partition coefficient (Wildman–Crippen LogP) is 3.34. The Balaban J connectivity index is 2.96. The molecule has 66 valence electrons. The Morgan fingerprint density at radius 1 is 1.33 bits per heavy atom. The number of hydrogen-bond donors (Lipinski definition) is 0. The molecule has 0 spiro atoms. The lowest BCUT2D eigenvalue weighted by Gasteiger charge is -2.12. The Morgan fingerprint density at radius 3 is 2.67 bits per heavy atom. The fraction of sp³-hybridized carbons (Fsp3) is 0.545. The number of allylic oxidation sites excluding steroid dienone is 4. The van der Waals surface area contributed by atoms with Gasteiger partial charge in [-0.25, -0.2) is 0 Å². The molecule has 1 rings (SSSR count). The largest absolute Gasteiger partial charge is 0.259 e. The van der Waals surface area contributed by atoms with E-state index in [4.69, 9.17) is 0 Å². The van der Waals surface area contributed by atoms with Gasteiger partial charge in [0.25, 0.3) is 0 Å². The molecule has 0 aromatic heterocycles. The lowest BCUT2D eigenvalue weighted by Crippen LogP contribution is -2.00. The van der Waals surface area contributed by atoms with Crippen LogP contribution < -0.4 is 0 Å². The molecular weight excluding hydrogens is 146 g/mol. The second kappa shape index (κ2) is 3.70. The first-order chi connectivity index (χ1) is 5.59. The zero-order chi connectivity index (χ0) is 9.14. The van der Waals surface area contributed by atoms with Crippen LogP contribution in [0.4, 0.5) is 0 Å². The highest BCUT2D eigenvalue weighted by atomic mass is 14.7. The van der Waals surface area contributed by atoms with Gasteiger partial charge in [-0.2, -0.15) is 0 Å². The number of rotatable bonds is 0. The average Bonchev–Trinajstić information content (AvgIpc) is 1.98. The van der Waals surface area contributed by atoms with Crippen LogP contribution >= 0.6 is 0 Å². The van der Waals surface area contributed by atoms with E-state index in [-0.39, 0.29) is 0 Å². The van der Waals surface area contributed by atoms with E-state index in [2.05, 4.69) is 44.8 Å². The summed E-state index contributed by atoms with van der Waals surface area (Å²) in [4.78, 5) is 4.42. The summed E-state index contributed by atoms with van der Waals surface area (Å²) in [6.45, 7) is 8.55. The fourth-order valence-corrected chi connectivity index (χ4v) is 1.36. The molecule has 0 bridgehead atoms. The quantitative estimate of drug-likeness (QED) is 0.519. The van der Waals surface area contributed by atoms with Crippen molar-refractivity contribution in [2.75, 3.05) is 0 Å². The van der Waals surface area contributed by atoms with Crippen LogP contribution in [0.25, 0.3) is 0 Å². The molecule has 0 aromatic carbocycles. The zero-order valence-electron chi connectivity index (χ0n) is 8.39. The van der Waals surface area contributed by atoms with Crippen LogP contribution in [0.1, 0.15) is 34.1 Å². The Hall–Kier alpha value is -0.850. The van der Waals surface area contributed by atoms with E-state index < -0.39 is 0 Å². The van der Waals surface area contributed by atoms with E-state index in [9.17, 15) is 0 Å². The van der Waals surface area contributed by atoms with Crippen LogP contribution in [0.5, 0.6) is 0 Å². The minimum Gasteiger partial charge on any atom is -0.259 e. The van der Waals surface area contributed by atoms with Gasteiger partial charge in [0.05, 0.1) is 0 Å². The highest BCUT2D eigenvalue weighted by Gasteiger charge is 2.05. The molecule has 0 aliphatic carbocycles. The van der Waals surface area contributed by atoms with Crippen molar-refractivity contribution in [3.05, 3.63) is 23.4 Å². The third-order valence-corrected chi connectivity index (χ3v) is 2.33. The van der Waals surface area contributed by atoms with Gasteiger partial charge in [-0.15, -0.1) is 0 Å². The van der Waals surface area contributed by atoms with Crippen molar-refractivity contribution in [3.8, 4) is 0 Å². The molecule has 0 N–H and O–H groups in total. The highest BCUT2D eigenvalue weighted by molar-refractivity contribution is 5.94. The maximum absolute atomic E-state index is 4.42. The summed E-state index contributed by atoms with van der Waals surface area (Å²) >= 11 is 0. The summed E-state index contributed by atoms with van der Waals surface area (Å²) in [5.41, 5.74) is 3.69. The minimum atomic E-state index is 0.658. The first-order valence-electron chi connectivity index (χ1n) is 4.50. The second-order valence-corrected chi connectivity index (χ2v) is 3.62. The SMILES string of the molecule is C/C1=C/C(C)=N/C(C)=C/CC1C. The minimum absolute atomic E-state index is 0.658. The van der Waals surface area contributed by atoms with Crippen molar-refractivity contribution in [2.45, 2.75) is 34.1 Å². The summed E-state index contributed by atoms with van der Waals surface area (Å²) in [7, 11) is 0. The molecule has 1 unspecified atom stereocenters. The molecule has 0 saturated carbocycles. The van der Waals surface area contributed by atoms with Crippen molar-refractivity contribution in [1.82, 2.24) is 0 Å². The van der Waals surface area contributed by atoms with Gasteiger partial charge in [0.1, 0.15) is 0 Å². The third kappa shape index (κ3) is 2.33.